The van der Waals surface area contributed by atoms with Crippen LogP contribution in [0.2, 0.25) is 0 Å². The lowest BCUT2D eigenvalue weighted by Gasteiger charge is -2.10. The minimum Gasteiger partial charge on any atom is -0.336 e. The lowest BCUT2D eigenvalue weighted by molar-refractivity contribution is -0.114. The molecule has 3 aromatic rings. The average Bonchev–Trinajstić information content (AvgIpc) is 2.99. The van der Waals surface area contributed by atoms with Crippen molar-refractivity contribution in [2.24, 2.45) is 0 Å². The number of aromatic nitrogens is 2. The quantitative estimate of drug-likeness (QED) is 0.610. The fourth-order valence-electron chi connectivity index (χ4n) is 2.42. The second kappa shape index (κ2) is 7.32. The molecule has 0 bridgehead atoms. The highest BCUT2D eigenvalue weighted by atomic mass is 32.1. The van der Waals surface area contributed by atoms with E-state index in [9.17, 15) is 14.0 Å². The van der Waals surface area contributed by atoms with Gasteiger partial charge >= 0.3 is 0 Å². The Morgan fingerprint density at radius 1 is 1.00 bits per heavy atom. The van der Waals surface area contributed by atoms with Crippen molar-refractivity contribution in [2.75, 3.05) is 10.6 Å². The van der Waals surface area contributed by atoms with Crippen molar-refractivity contribution in [3.8, 4) is 5.69 Å². The first-order valence-corrected chi connectivity index (χ1v) is 8.10. The lowest BCUT2D eigenvalue weighted by atomic mass is 10.2. The van der Waals surface area contributed by atoms with Crippen LogP contribution in [0.5, 0.6) is 0 Å². The molecule has 0 spiro atoms. The molecule has 132 valence electrons. The fourth-order valence-corrected chi connectivity index (χ4v) is 2.68. The highest BCUT2D eigenvalue weighted by Gasteiger charge is 2.15. The summed E-state index contributed by atoms with van der Waals surface area (Å²) in [7, 11) is 0. The second-order valence-corrected chi connectivity index (χ2v) is 5.89. The molecule has 2 aromatic carbocycles. The number of amides is 2. The Morgan fingerprint density at radius 2 is 1.58 bits per heavy atom. The van der Waals surface area contributed by atoms with Crippen LogP contribution in [0.1, 0.15) is 17.4 Å². The third kappa shape index (κ3) is 3.86. The van der Waals surface area contributed by atoms with E-state index in [4.69, 9.17) is 12.2 Å². The smallest absolute Gasteiger partial charge is 0.274 e. The predicted molar refractivity (Wildman–Crippen MR) is 99.6 cm³/mol. The number of nitrogens with one attached hydrogen (secondary N) is 3. The number of hydrogen-bond donors (Lipinski definition) is 3. The molecule has 1 heterocycles. The van der Waals surface area contributed by atoms with Crippen molar-refractivity contribution in [1.29, 1.82) is 0 Å². The van der Waals surface area contributed by atoms with Gasteiger partial charge in [-0.25, -0.2) is 4.39 Å². The Kier molecular flexibility index (Phi) is 4.94. The lowest BCUT2D eigenvalue weighted by Crippen LogP contribution is -2.16. The molecule has 0 saturated heterocycles. The molecule has 0 aliphatic carbocycles. The molecule has 26 heavy (non-hydrogen) atoms. The summed E-state index contributed by atoms with van der Waals surface area (Å²) in [5, 5.41) is 5.41. The molecule has 6 nitrogen and oxygen atoms in total. The molecule has 3 N–H and O–H groups in total. The molecule has 0 aliphatic heterocycles. The van der Waals surface area contributed by atoms with Crippen LogP contribution < -0.4 is 10.6 Å². The van der Waals surface area contributed by atoms with E-state index in [0.29, 0.717) is 21.8 Å². The summed E-state index contributed by atoms with van der Waals surface area (Å²) in [4.78, 5) is 26.5. The number of anilines is 2. The number of carbonyl (C=O) groups excluding carboxylic acids is 2. The van der Waals surface area contributed by atoms with Gasteiger partial charge in [0.2, 0.25) is 5.91 Å². The van der Waals surface area contributed by atoms with Crippen LogP contribution in [0.3, 0.4) is 0 Å². The number of halogens is 1. The topological polar surface area (TPSA) is 78.9 Å². The van der Waals surface area contributed by atoms with Crippen LogP contribution in [0.25, 0.3) is 5.69 Å². The minimum absolute atomic E-state index is 0.174. The van der Waals surface area contributed by atoms with Crippen molar-refractivity contribution < 1.29 is 14.0 Å². The SMILES string of the molecule is CC(=O)Nc1ccc(NC(=O)c2c[nH]c(=S)n2-c2ccc(F)cc2)cc1. The Hall–Kier alpha value is -3.26. The third-order valence-corrected chi connectivity index (χ3v) is 3.86. The maximum absolute atomic E-state index is 13.1. The summed E-state index contributed by atoms with van der Waals surface area (Å²) < 4.78 is 15.0. The Balaban J connectivity index is 1.84. The van der Waals surface area contributed by atoms with E-state index >= 15 is 0 Å². The van der Waals surface area contributed by atoms with Gasteiger partial charge in [0.25, 0.3) is 5.91 Å². The van der Waals surface area contributed by atoms with Crippen LogP contribution in [0.4, 0.5) is 15.8 Å². The van der Waals surface area contributed by atoms with Crippen molar-refractivity contribution in [3.63, 3.8) is 0 Å². The zero-order valence-corrected chi connectivity index (χ0v) is 14.6. The van der Waals surface area contributed by atoms with Gasteiger partial charge < -0.3 is 15.6 Å². The molecule has 0 saturated carbocycles. The summed E-state index contributed by atoms with van der Waals surface area (Å²) in [6.07, 6.45) is 1.49. The Bertz CT molecular complexity index is 1010. The number of hydrogen-bond acceptors (Lipinski definition) is 3. The van der Waals surface area contributed by atoms with E-state index in [0.717, 1.165) is 0 Å². The highest BCUT2D eigenvalue weighted by molar-refractivity contribution is 7.71. The Morgan fingerprint density at radius 3 is 2.15 bits per heavy atom. The van der Waals surface area contributed by atoms with Gasteiger partial charge in [0, 0.05) is 30.2 Å². The largest absolute Gasteiger partial charge is 0.336 e. The zero-order valence-electron chi connectivity index (χ0n) is 13.7. The molecular weight excluding hydrogens is 355 g/mol. The first kappa shape index (κ1) is 17.6. The number of H-pyrrole nitrogens is 1. The van der Waals surface area contributed by atoms with Crippen LogP contribution in [-0.4, -0.2) is 21.4 Å². The monoisotopic (exact) mass is 370 g/mol. The predicted octanol–water partition coefficient (Wildman–Crippen LogP) is 3.88. The number of imidazole rings is 1. The summed E-state index contributed by atoms with van der Waals surface area (Å²) >= 11 is 5.22. The third-order valence-electron chi connectivity index (χ3n) is 3.56. The normalized spacial score (nSPS) is 10.4. The first-order chi connectivity index (χ1) is 12.4. The van der Waals surface area contributed by atoms with Gasteiger partial charge in [-0.1, -0.05) is 0 Å². The zero-order chi connectivity index (χ0) is 18.7. The maximum atomic E-state index is 13.1. The standard InChI is InChI=1S/C18H15FN4O2S/c1-11(24)21-13-4-6-14(7-5-13)22-17(25)16-10-20-18(26)23(16)15-8-2-12(19)3-9-15/h2-10H,1H3,(H,20,26)(H,21,24)(H,22,25). The summed E-state index contributed by atoms with van der Waals surface area (Å²) in [5.41, 5.74) is 2.05. The summed E-state index contributed by atoms with van der Waals surface area (Å²) in [5.74, 6) is -0.928. The van der Waals surface area contributed by atoms with Gasteiger partial charge in [0.05, 0.1) is 0 Å². The number of carbonyl (C=O) groups is 2. The molecule has 2 amide bonds. The van der Waals surface area contributed by atoms with E-state index in [2.05, 4.69) is 15.6 Å². The first-order valence-electron chi connectivity index (χ1n) is 7.69. The number of benzene rings is 2. The number of aromatic amines is 1. The molecule has 0 aliphatic rings. The summed E-state index contributed by atoms with van der Waals surface area (Å²) in [6, 6.07) is 12.4. The van der Waals surface area contributed by atoms with Gasteiger partial charge in [-0.2, -0.15) is 0 Å². The molecule has 0 atom stereocenters. The van der Waals surface area contributed by atoms with E-state index < -0.39 is 0 Å². The average molecular weight is 370 g/mol. The van der Waals surface area contributed by atoms with Gasteiger partial charge in [-0.05, 0) is 60.7 Å². The summed E-state index contributed by atoms with van der Waals surface area (Å²) in [6.45, 7) is 1.42. The van der Waals surface area contributed by atoms with Crippen LogP contribution in [0, 0.1) is 10.6 Å². The maximum Gasteiger partial charge on any atom is 0.274 e. The number of nitrogens with zero attached hydrogens (tertiary/aromatic N) is 1. The van der Waals surface area contributed by atoms with Gasteiger partial charge in [0.15, 0.2) is 4.77 Å². The van der Waals surface area contributed by atoms with Crippen LogP contribution in [-0.2, 0) is 4.79 Å². The Labute approximate surface area is 153 Å². The van der Waals surface area contributed by atoms with E-state index in [1.165, 1.54) is 42.0 Å². The van der Waals surface area contributed by atoms with E-state index in [-0.39, 0.29) is 23.3 Å². The van der Waals surface area contributed by atoms with Gasteiger partial charge in [-0.3, -0.25) is 14.2 Å². The van der Waals surface area contributed by atoms with Crippen LogP contribution >= 0.6 is 12.2 Å². The highest BCUT2D eigenvalue weighted by Crippen LogP contribution is 2.17. The molecular formula is C18H15FN4O2S. The van der Waals surface area contributed by atoms with Crippen molar-refractivity contribution in [1.82, 2.24) is 9.55 Å². The molecule has 0 fully saturated rings. The fraction of sp³-hybridized carbons (Fsp3) is 0.0556. The van der Waals surface area contributed by atoms with Crippen LogP contribution in [0.15, 0.2) is 54.7 Å². The van der Waals surface area contributed by atoms with Gasteiger partial charge in [0.1, 0.15) is 11.5 Å². The molecule has 1 aromatic heterocycles. The van der Waals surface area contributed by atoms with Crippen molar-refractivity contribution >= 4 is 35.4 Å². The molecule has 8 heteroatoms. The van der Waals surface area contributed by atoms with Crippen molar-refractivity contribution in [3.05, 3.63) is 71.0 Å². The minimum atomic E-state index is -0.381. The van der Waals surface area contributed by atoms with Crippen molar-refractivity contribution in [2.45, 2.75) is 6.92 Å². The molecule has 0 unspecified atom stereocenters. The number of rotatable bonds is 4. The molecule has 0 radical (unpaired) electrons. The van der Waals surface area contributed by atoms with Gasteiger partial charge in [-0.15, -0.1) is 0 Å². The van der Waals surface area contributed by atoms with E-state index in [1.807, 2.05) is 0 Å². The van der Waals surface area contributed by atoms with E-state index in [1.54, 1.807) is 24.3 Å². The molecule has 3 rings (SSSR count). The second-order valence-electron chi connectivity index (χ2n) is 5.50.